The Balaban J connectivity index is 1.74. The van der Waals surface area contributed by atoms with Gasteiger partial charge in [0.05, 0.1) is 31.8 Å². The molecule has 0 unspecified atom stereocenters. The number of ether oxygens (including phenoxy) is 3. The van der Waals surface area contributed by atoms with Gasteiger partial charge in [-0.3, -0.25) is 4.79 Å². The van der Waals surface area contributed by atoms with Crippen LogP contribution in [-0.4, -0.2) is 70.1 Å². The molecule has 0 N–H and O–H groups in total. The van der Waals surface area contributed by atoms with Gasteiger partial charge in [0.2, 0.25) is 10.0 Å². The minimum absolute atomic E-state index is 0.171. The van der Waals surface area contributed by atoms with Crippen LogP contribution >= 0.6 is 0 Å². The molecule has 2 aromatic carbocycles. The summed E-state index contributed by atoms with van der Waals surface area (Å²) in [5, 5.41) is 0. The van der Waals surface area contributed by atoms with E-state index in [-0.39, 0.29) is 10.8 Å². The largest absolute Gasteiger partial charge is 0.493 e. The molecule has 0 radical (unpaired) electrons. The number of benzene rings is 2. The molecule has 8 nitrogen and oxygen atoms in total. The summed E-state index contributed by atoms with van der Waals surface area (Å²) >= 11 is 0. The van der Waals surface area contributed by atoms with Gasteiger partial charge in [0.1, 0.15) is 0 Å². The first kappa shape index (κ1) is 24.0. The zero-order chi connectivity index (χ0) is 23.1. The SMILES string of the molecule is CCOc1ccc(CN(CC)C(=O)c2ccc(S(=O)(=O)N3CCOCC3)cc2)cc1OC. The number of amides is 1. The van der Waals surface area contributed by atoms with Crippen molar-refractivity contribution < 1.29 is 27.4 Å². The summed E-state index contributed by atoms with van der Waals surface area (Å²) in [4.78, 5) is 14.9. The van der Waals surface area contributed by atoms with Crippen LogP contribution in [0.15, 0.2) is 47.4 Å². The molecule has 0 spiro atoms. The van der Waals surface area contributed by atoms with Crippen molar-refractivity contribution in [1.29, 1.82) is 0 Å². The van der Waals surface area contributed by atoms with Crippen LogP contribution in [0.1, 0.15) is 29.8 Å². The van der Waals surface area contributed by atoms with Gasteiger partial charge >= 0.3 is 0 Å². The zero-order valence-electron chi connectivity index (χ0n) is 18.7. The standard InChI is InChI=1S/C23H30N2O6S/c1-4-24(17-18-6-11-21(31-5-2)22(16-18)29-3)23(26)19-7-9-20(10-8-19)32(27,28)25-12-14-30-15-13-25/h6-11,16H,4-5,12-15,17H2,1-3H3. The minimum Gasteiger partial charge on any atom is -0.493 e. The number of rotatable bonds is 9. The second-order valence-corrected chi connectivity index (χ2v) is 9.22. The van der Waals surface area contributed by atoms with E-state index in [1.54, 1.807) is 24.1 Å². The molecule has 0 atom stereocenters. The summed E-state index contributed by atoms with van der Waals surface area (Å²) in [6, 6.07) is 11.7. The maximum absolute atomic E-state index is 13.1. The van der Waals surface area contributed by atoms with Crippen LogP contribution in [0.25, 0.3) is 0 Å². The van der Waals surface area contributed by atoms with Crippen molar-refractivity contribution in [2.24, 2.45) is 0 Å². The summed E-state index contributed by atoms with van der Waals surface area (Å²) < 4.78 is 43.2. The molecular weight excluding hydrogens is 432 g/mol. The van der Waals surface area contributed by atoms with Gasteiger partial charge in [0, 0.05) is 31.7 Å². The molecule has 2 aromatic rings. The van der Waals surface area contributed by atoms with Crippen LogP contribution in [0.2, 0.25) is 0 Å². The molecule has 1 fully saturated rings. The topological polar surface area (TPSA) is 85.4 Å². The molecule has 0 bridgehead atoms. The summed E-state index contributed by atoms with van der Waals surface area (Å²) in [5.41, 5.74) is 1.35. The Morgan fingerprint density at radius 3 is 2.34 bits per heavy atom. The van der Waals surface area contributed by atoms with Crippen molar-refractivity contribution >= 4 is 15.9 Å². The van der Waals surface area contributed by atoms with Crippen LogP contribution < -0.4 is 9.47 Å². The van der Waals surface area contributed by atoms with Gasteiger partial charge in [-0.1, -0.05) is 6.07 Å². The van der Waals surface area contributed by atoms with E-state index >= 15 is 0 Å². The van der Waals surface area contributed by atoms with Crippen molar-refractivity contribution in [3.05, 3.63) is 53.6 Å². The molecule has 1 heterocycles. The normalized spacial score (nSPS) is 14.7. The molecular formula is C23H30N2O6S. The number of sulfonamides is 1. The van der Waals surface area contributed by atoms with Crippen LogP contribution in [0.4, 0.5) is 0 Å². The third-order valence-corrected chi connectivity index (χ3v) is 7.19. The number of carbonyl (C=O) groups is 1. The number of hydrogen-bond acceptors (Lipinski definition) is 6. The third-order valence-electron chi connectivity index (χ3n) is 5.28. The van der Waals surface area contributed by atoms with Gasteiger partial charge in [0.25, 0.3) is 5.91 Å². The van der Waals surface area contributed by atoms with Crippen LogP contribution in [0.3, 0.4) is 0 Å². The summed E-state index contributed by atoms with van der Waals surface area (Å²) in [5.74, 6) is 1.10. The number of methoxy groups -OCH3 is 1. The van der Waals surface area contributed by atoms with Gasteiger partial charge in [0.15, 0.2) is 11.5 Å². The first-order valence-electron chi connectivity index (χ1n) is 10.7. The van der Waals surface area contributed by atoms with Crippen molar-refractivity contribution in [3.8, 4) is 11.5 Å². The number of hydrogen-bond donors (Lipinski definition) is 0. The maximum Gasteiger partial charge on any atom is 0.254 e. The first-order valence-corrected chi connectivity index (χ1v) is 12.1. The lowest BCUT2D eigenvalue weighted by atomic mass is 10.1. The van der Waals surface area contributed by atoms with E-state index < -0.39 is 10.0 Å². The van der Waals surface area contributed by atoms with Gasteiger partial charge in [-0.25, -0.2) is 8.42 Å². The summed E-state index contributed by atoms with van der Waals surface area (Å²) in [7, 11) is -2.01. The Hall–Kier alpha value is -2.62. The lowest BCUT2D eigenvalue weighted by Crippen LogP contribution is -2.40. The fourth-order valence-electron chi connectivity index (χ4n) is 3.52. The van der Waals surface area contributed by atoms with E-state index in [0.29, 0.717) is 63.1 Å². The fourth-order valence-corrected chi connectivity index (χ4v) is 4.93. The van der Waals surface area contributed by atoms with Crippen molar-refractivity contribution in [3.63, 3.8) is 0 Å². The lowest BCUT2D eigenvalue weighted by Gasteiger charge is -2.26. The van der Waals surface area contributed by atoms with Crippen molar-refractivity contribution in [2.75, 3.05) is 46.6 Å². The highest BCUT2D eigenvalue weighted by molar-refractivity contribution is 7.89. The van der Waals surface area contributed by atoms with Crippen LogP contribution in [0.5, 0.6) is 11.5 Å². The number of carbonyl (C=O) groups excluding carboxylic acids is 1. The monoisotopic (exact) mass is 462 g/mol. The van der Waals surface area contributed by atoms with Crippen molar-refractivity contribution in [2.45, 2.75) is 25.3 Å². The van der Waals surface area contributed by atoms with Crippen molar-refractivity contribution in [1.82, 2.24) is 9.21 Å². The van der Waals surface area contributed by atoms with Gasteiger partial charge in [-0.05, 0) is 55.8 Å². The van der Waals surface area contributed by atoms with Gasteiger partial charge < -0.3 is 19.1 Å². The molecule has 1 saturated heterocycles. The summed E-state index contributed by atoms with van der Waals surface area (Å²) in [6.07, 6.45) is 0. The quantitative estimate of drug-likeness (QED) is 0.570. The van der Waals surface area contributed by atoms with E-state index in [0.717, 1.165) is 5.56 Å². The lowest BCUT2D eigenvalue weighted by molar-refractivity contribution is 0.0730. The van der Waals surface area contributed by atoms with E-state index in [1.165, 1.54) is 16.4 Å². The molecule has 3 rings (SSSR count). The zero-order valence-corrected chi connectivity index (χ0v) is 19.6. The van der Waals surface area contributed by atoms with Gasteiger partial charge in [-0.15, -0.1) is 0 Å². The van der Waals surface area contributed by atoms with E-state index in [4.69, 9.17) is 14.2 Å². The number of nitrogens with zero attached hydrogens (tertiary/aromatic N) is 2. The van der Waals surface area contributed by atoms with E-state index in [1.807, 2.05) is 32.0 Å². The smallest absolute Gasteiger partial charge is 0.254 e. The molecule has 9 heteroatoms. The molecule has 1 aliphatic heterocycles. The van der Waals surface area contributed by atoms with E-state index in [9.17, 15) is 13.2 Å². The second-order valence-electron chi connectivity index (χ2n) is 7.28. The Morgan fingerprint density at radius 1 is 1.06 bits per heavy atom. The average Bonchev–Trinajstić information content (AvgIpc) is 2.83. The molecule has 32 heavy (non-hydrogen) atoms. The molecule has 1 aliphatic rings. The number of morpholine rings is 1. The molecule has 174 valence electrons. The first-order chi connectivity index (χ1) is 15.4. The molecule has 0 saturated carbocycles. The minimum atomic E-state index is -3.59. The van der Waals surface area contributed by atoms with E-state index in [2.05, 4.69) is 0 Å². The average molecular weight is 463 g/mol. The summed E-state index contributed by atoms with van der Waals surface area (Å²) in [6.45, 7) is 6.68. The Morgan fingerprint density at radius 2 is 1.75 bits per heavy atom. The van der Waals surface area contributed by atoms with Crippen LogP contribution in [-0.2, 0) is 21.3 Å². The Kier molecular flexibility index (Phi) is 8.11. The van der Waals surface area contributed by atoms with Gasteiger partial charge in [-0.2, -0.15) is 4.31 Å². The third kappa shape index (κ3) is 5.40. The molecule has 1 amide bonds. The predicted octanol–water partition coefficient (Wildman–Crippen LogP) is 2.78. The highest BCUT2D eigenvalue weighted by atomic mass is 32.2. The Bertz CT molecular complexity index is 1020. The highest BCUT2D eigenvalue weighted by Gasteiger charge is 2.26. The Labute approximate surface area is 189 Å². The second kappa shape index (κ2) is 10.8. The highest BCUT2D eigenvalue weighted by Crippen LogP contribution is 2.29. The molecule has 0 aromatic heterocycles. The maximum atomic E-state index is 13.1. The fraction of sp³-hybridized carbons (Fsp3) is 0.435. The predicted molar refractivity (Wildman–Crippen MR) is 121 cm³/mol. The molecule has 0 aliphatic carbocycles. The van der Waals surface area contributed by atoms with Crippen LogP contribution in [0, 0.1) is 0 Å².